The molecule has 0 radical (unpaired) electrons. The molecule has 0 aliphatic carbocycles. The number of carbonyl (C=O) groups is 1. The lowest BCUT2D eigenvalue weighted by atomic mass is 9.90. The molecule has 2 aromatic rings. The molecule has 196 valence electrons. The zero-order chi connectivity index (χ0) is 26.7. The molecule has 1 unspecified atom stereocenters. The quantitative estimate of drug-likeness (QED) is 0.278. The van der Waals surface area contributed by atoms with Gasteiger partial charge in [0.05, 0.1) is 6.04 Å². The van der Waals surface area contributed by atoms with Crippen LogP contribution in [0.5, 0.6) is 0 Å². The van der Waals surface area contributed by atoms with Gasteiger partial charge in [0.15, 0.2) is 0 Å². The van der Waals surface area contributed by atoms with Gasteiger partial charge in [0.2, 0.25) is 0 Å². The largest absolute Gasteiger partial charge is 0.299 e. The lowest BCUT2D eigenvalue weighted by molar-refractivity contribution is -0.133. The maximum Gasteiger partial charge on any atom is 0.260 e. The van der Waals surface area contributed by atoms with Crippen LogP contribution in [0.4, 0.5) is 0 Å². The zero-order valence-corrected chi connectivity index (χ0v) is 22.7. The number of rotatable bonds is 7. The van der Waals surface area contributed by atoms with E-state index in [1.54, 1.807) is 5.48 Å². The van der Waals surface area contributed by atoms with E-state index in [0.29, 0.717) is 0 Å². The van der Waals surface area contributed by atoms with Gasteiger partial charge in [0.1, 0.15) is 0 Å². The van der Waals surface area contributed by atoms with Crippen LogP contribution in [0.3, 0.4) is 0 Å². The molecule has 1 fully saturated rings. The second kappa shape index (κ2) is 14.0. The lowest BCUT2D eigenvalue weighted by Gasteiger charge is -2.33. The highest BCUT2D eigenvalue weighted by atomic mass is 16.5. The number of hydrogen-bond donors (Lipinski definition) is 3. The van der Waals surface area contributed by atoms with Crippen molar-refractivity contribution in [1.29, 1.82) is 0 Å². The van der Waals surface area contributed by atoms with E-state index in [9.17, 15) is 4.79 Å². The predicted octanol–water partition coefficient (Wildman–Crippen LogP) is 5.21. The summed E-state index contributed by atoms with van der Waals surface area (Å²) in [4.78, 5) is 14.6. The van der Waals surface area contributed by atoms with Crippen molar-refractivity contribution in [2.75, 3.05) is 13.1 Å². The summed E-state index contributed by atoms with van der Waals surface area (Å²) < 4.78 is 0. The van der Waals surface area contributed by atoms with Gasteiger partial charge in [-0.1, -0.05) is 69.2 Å². The molecule has 2 aromatic carbocycles. The molecule has 1 saturated heterocycles. The number of hydrogen-bond acceptors (Lipinski definition) is 4. The Balaban J connectivity index is 1.57. The van der Waals surface area contributed by atoms with Gasteiger partial charge < -0.3 is 0 Å². The first-order valence-electron chi connectivity index (χ1n) is 13.4. The highest BCUT2D eigenvalue weighted by molar-refractivity contribution is 5.81. The van der Waals surface area contributed by atoms with Crippen molar-refractivity contribution in [3.63, 3.8) is 0 Å². The average molecular weight is 500 g/mol. The van der Waals surface area contributed by atoms with Crippen LogP contribution in [-0.2, 0) is 16.9 Å². The van der Waals surface area contributed by atoms with E-state index >= 15 is 0 Å². The molecule has 0 saturated carbocycles. The van der Waals surface area contributed by atoms with Crippen molar-refractivity contribution >= 4 is 5.91 Å². The van der Waals surface area contributed by atoms with Gasteiger partial charge in [-0.3, -0.25) is 20.2 Å². The summed E-state index contributed by atoms with van der Waals surface area (Å²) in [7, 11) is 0. The molecule has 0 spiro atoms. The average Bonchev–Trinajstić information content (AvgIpc) is 2.87. The molecule has 37 heavy (non-hydrogen) atoms. The van der Waals surface area contributed by atoms with E-state index < -0.39 is 17.5 Å². The van der Waals surface area contributed by atoms with E-state index in [-0.39, 0.29) is 5.92 Å². The SMILES string of the molecule is CC(C)C(NC(C)(C)c1ccc(C#CC#Cc2ccc(CN3CCCCCCC3)cc2)cc1)C(=O)NO. The molecule has 1 atom stereocenters. The van der Waals surface area contributed by atoms with E-state index in [4.69, 9.17) is 5.21 Å². The summed E-state index contributed by atoms with van der Waals surface area (Å²) in [5.41, 5.74) is 5.51. The molecular formula is C32H41N3O2. The van der Waals surface area contributed by atoms with E-state index in [2.05, 4.69) is 58.2 Å². The smallest absolute Gasteiger partial charge is 0.260 e. The molecule has 0 bridgehead atoms. The van der Waals surface area contributed by atoms with Gasteiger partial charge in [0.25, 0.3) is 5.91 Å². The van der Waals surface area contributed by atoms with Crippen molar-refractivity contribution in [2.24, 2.45) is 5.92 Å². The monoisotopic (exact) mass is 499 g/mol. The molecule has 1 aliphatic heterocycles. The first kappa shape index (κ1) is 28.5. The van der Waals surface area contributed by atoms with Gasteiger partial charge >= 0.3 is 0 Å². The molecule has 5 heteroatoms. The maximum atomic E-state index is 12.0. The van der Waals surface area contributed by atoms with Gasteiger partial charge in [-0.2, -0.15) is 0 Å². The van der Waals surface area contributed by atoms with Crippen molar-refractivity contribution in [3.8, 4) is 23.7 Å². The lowest BCUT2D eigenvalue weighted by Crippen LogP contribution is -2.53. The molecular weight excluding hydrogens is 458 g/mol. The molecule has 0 aromatic heterocycles. The van der Waals surface area contributed by atoms with E-state index in [0.717, 1.165) is 23.2 Å². The Bertz CT molecular complexity index is 1120. The highest BCUT2D eigenvalue weighted by Crippen LogP contribution is 2.23. The number of likely N-dealkylation sites (tertiary alicyclic amines) is 1. The van der Waals surface area contributed by atoms with E-state index in [1.807, 2.05) is 52.0 Å². The minimum Gasteiger partial charge on any atom is -0.299 e. The van der Waals surface area contributed by atoms with Crippen molar-refractivity contribution < 1.29 is 10.0 Å². The van der Waals surface area contributed by atoms with Crippen LogP contribution in [0.15, 0.2) is 48.5 Å². The first-order chi connectivity index (χ1) is 17.8. The standard InChI is InChI=1S/C32H41N3O2/c1-25(2)30(31(36)34-37)33-32(3,4)29-20-18-27(19-21-29)13-9-8-12-26-14-16-28(17-15-26)24-35-22-10-6-5-7-11-23-35/h14-21,25,30,33,37H,5-7,10-11,22-24H2,1-4H3,(H,34,36). The third-order valence-electron chi connectivity index (χ3n) is 6.97. The first-order valence-corrected chi connectivity index (χ1v) is 13.4. The third kappa shape index (κ3) is 9.06. The highest BCUT2D eigenvalue weighted by Gasteiger charge is 2.30. The predicted molar refractivity (Wildman–Crippen MR) is 150 cm³/mol. The number of nitrogens with one attached hydrogen (secondary N) is 2. The Morgan fingerprint density at radius 3 is 1.92 bits per heavy atom. The van der Waals surface area contributed by atoms with Gasteiger partial charge in [-0.25, -0.2) is 5.48 Å². The van der Waals surface area contributed by atoms with Crippen molar-refractivity contribution in [3.05, 3.63) is 70.8 Å². The minimum absolute atomic E-state index is 0.0234. The second-order valence-corrected chi connectivity index (χ2v) is 10.8. The van der Waals surface area contributed by atoms with Crippen LogP contribution >= 0.6 is 0 Å². The number of carbonyl (C=O) groups excluding carboxylic acids is 1. The topological polar surface area (TPSA) is 64.6 Å². The summed E-state index contributed by atoms with van der Waals surface area (Å²) in [6.07, 6.45) is 6.71. The fourth-order valence-electron chi connectivity index (χ4n) is 4.68. The summed E-state index contributed by atoms with van der Waals surface area (Å²) in [5, 5.41) is 12.4. The van der Waals surface area contributed by atoms with Crippen LogP contribution in [0.1, 0.15) is 82.1 Å². The summed E-state index contributed by atoms with van der Waals surface area (Å²) in [6.45, 7) is 11.3. The Kier molecular flexibility index (Phi) is 10.8. The summed E-state index contributed by atoms with van der Waals surface area (Å²) in [6, 6.07) is 15.9. The number of hydroxylamine groups is 1. The number of nitrogens with zero attached hydrogens (tertiary/aromatic N) is 1. The zero-order valence-electron chi connectivity index (χ0n) is 22.7. The van der Waals surface area contributed by atoms with Crippen molar-refractivity contribution in [1.82, 2.24) is 15.7 Å². The van der Waals surface area contributed by atoms with Gasteiger partial charge in [0, 0.05) is 23.2 Å². The van der Waals surface area contributed by atoms with Gasteiger partial charge in [-0.15, -0.1) is 0 Å². The fourth-order valence-corrected chi connectivity index (χ4v) is 4.68. The maximum absolute atomic E-state index is 12.0. The number of benzene rings is 2. The van der Waals surface area contributed by atoms with Crippen LogP contribution in [0.2, 0.25) is 0 Å². The molecule has 3 rings (SSSR count). The van der Waals surface area contributed by atoms with Gasteiger partial charge in [-0.05, 0) is 92.9 Å². The van der Waals surface area contributed by atoms with Crippen LogP contribution in [0.25, 0.3) is 0 Å². The second-order valence-electron chi connectivity index (χ2n) is 10.8. The normalized spacial score (nSPS) is 15.4. The Hall–Kier alpha value is -3.09. The minimum atomic E-state index is -0.511. The molecule has 1 aliphatic rings. The molecule has 1 heterocycles. The Morgan fingerprint density at radius 1 is 0.892 bits per heavy atom. The number of amides is 1. The summed E-state index contributed by atoms with van der Waals surface area (Å²) >= 11 is 0. The Labute approximate surface area is 223 Å². The molecule has 1 amide bonds. The van der Waals surface area contributed by atoms with E-state index in [1.165, 1.54) is 50.8 Å². The molecule has 5 nitrogen and oxygen atoms in total. The van der Waals surface area contributed by atoms with Crippen LogP contribution in [0, 0.1) is 29.6 Å². The van der Waals surface area contributed by atoms with Crippen LogP contribution in [-0.4, -0.2) is 35.1 Å². The summed E-state index contributed by atoms with van der Waals surface area (Å²) in [5.74, 6) is 11.8. The Morgan fingerprint density at radius 2 is 1.41 bits per heavy atom. The third-order valence-corrected chi connectivity index (χ3v) is 6.97. The van der Waals surface area contributed by atoms with Crippen molar-refractivity contribution in [2.45, 2.75) is 77.9 Å². The molecule has 3 N–H and O–H groups in total. The fraction of sp³-hybridized carbons (Fsp3) is 0.469. The van der Waals surface area contributed by atoms with Crippen LogP contribution < -0.4 is 10.8 Å².